The number of hydrogen-bond acceptors (Lipinski definition) is 5. The lowest BCUT2D eigenvalue weighted by Crippen LogP contribution is -2.21. The van der Waals surface area contributed by atoms with Gasteiger partial charge in [-0.1, -0.05) is 18.9 Å². The first-order chi connectivity index (χ1) is 9.45. The fourth-order valence-corrected chi connectivity index (χ4v) is 1.94. The average Bonchev–Trinajstić information content (AvgIpc) is 2.79. The molecule has 0 radical (unpaired) electrons. The minimum atomic E-state index is -0.753. The summed E-state index contributed by atoms with van der Waals surface area (Å²) in [6, 6.07) is 2.23. The van der Waals surface area contributed by atoms with E-state index in [4.69, 9.17) is 4.42 Å². The Labute approximate surface area is 122 Å². The Morgan fingerprint density at radius 3 is 2.70 bits per heavy atom. The Morgan fingerprint density at radius 1 is 1.30 bits per heavy atom. The second-order valence-electron chi connectivity index (χ2n) is 4.41. The van der Waals surface area contributed by atoms with Crippen LogP contribution in [0.5, 0.6) is 0 Å². The number of halogens is 3. The molecule has 1 heterocycles. The molecule has 5 nitrogen and oxygen atoms in total. The first-order valence-electron chi connectivity index (χ1n) is 5.93. The van der Waals surface area contributed by atoms with Gasteiger partial charge in [-0.15, -0.1) is 5.10 Å². The lowest BCUT2D eigenvalue weighted by Gasteiger charge is -2.06. The Morgan fingerprint density at radius 2 is 2.05 bits per heavy atom. The van der Waals surface area contributed by atoms with Crippen molar-refractivity contribution in [2.45, 2.75) is 26.4 Å². The van der Waals surface area contributed by atoms with Crippen LogP contribution in [-0.2, 0) is 6.54 Å². The number of aromatic nitrogens is 2. The smallest absolute Gasteiger partial charge is 0.320 e. The molecule has 0 saturated heterocycles. The van der Waals surface area contributed by atoms with Crippen LogP contribution in [0.2, 0.25) is 0 Å². The SMILES string of the molecule is CC(C)NCc1nnc(Nc2c(F)cc(F)cc2Br)o1. The van der Waals surface area contributed by atoms with Gasteiger partial charge in [0, 0.05) is 16.6 Å². The van der Waals surface area contributed by atoms with E-state index in [1.165, 1.54) is 0 Å². The van der Waals surface area contributed by atoms with E-state index in [2.05, 4.69) is 36.8 Å². The van der Waals surface area contributed by atoms with E-state index in [-0.39, 0.29) is 22.2 Å². The summed E-state index contributed by atoms with van der Waals surface area (Å²) in [5.74, 6) is -1.05. The third kappa shape index (κ3) is 3.73. The van der Waals surface area contributed by atoms with Gasteiger partial charge in [0.1, 0.15) is 5.82 Å². The van der Waals surface area contributed by atoms with Gasteiger partial charge in [0.05, 0.1) is 12.2 Å². The van der Waals surface area contributed by atoms with Crippen LogP contribution in [0.25, 0.3) is 0 Å². The normalized spacial score (nSPS) is 11.1. The molecule has 1 aromatic heterocycles. The summed E-state index contributed by atoms with van der Waals surface area (Å²) in [7, 11) is 0. The van der Waals surface area contributed by atoms with Gasteiger partial charge in [0.15, 0.2) is 5.82 Å². The lowest BCUT2D eigenvalue weighted by atomic mass is 10.3. The van der Waals surface area contributed by atoms with Crippen molar-refractivity contribution in [1.29, 1.82) is 0 Å². The standard InChI is InChI=1S/C12H13BrF2N4O/c1-6(2)16-5-10-18-19-12(20-10)17-11-8(13)3-7(14)4-9(11)15/h3-4,6,16H,5H2,1-2H3,(H,17,19). The summed E-state index contributed by atoms with van der Waals surface area (Å²) < 4.78 is 32.1. The highest BCUT2D eigenvalue weighted by Crippen LogP contribution is 2.29. The van der Waals surface area contributed by atoms with Crippen molar-refractivity contribution >= 4 is 27.6 Å². The third-order valence-electron chi connectivity index (χ3n) is 2.37. The zero-order valence-electron chi connectivity index (χ0n) is 10.9. The van der Waals surface area contributed by atoms with Gasteiger partial charge in [-0.05, 0) is 22.0 Å². The maximum absolute atomic E-state index is 13.6. The zero-order valence-corrected chi connectivity index (χ0v) is 12.5. The van der Waals surface area contributed by atoms with Crippen LogP contribution in [0.1, 0.15) is 19.7 Å². The van der Waals surface area contributed by atoms with Crippen LogP contribution < -0.4 is 10.6 Å². The second-order valence-corrected chi connectivity index (χ2v) is 5.26. The minimum Gasteiger partial charge on any atom is -0.406 e. The fraction of sp³-hybridized carbons (Fsp3) is 0.333. The van der Waals surface area contributed by atoms with Crippen LogP contribution in [0.4, 0.5) is 20.5 Å². The van der Waals surface area contributed by atoms with Crippen molar-refractivity contribution in [1.82, 2.24) is 15.5 Å². The molecule has 0 atom stereocenters. The summed E-state index contributed by atoms with van der Waals surface area (Å²) >= 11 is 3.07. The molecule has 2 rings (SSSR count). The van der Waals surface area contributed by atoms with E-state index >= 15 is 0 Å². The molecule has 0 aliphatic rings. The quantitative estimate of drug-likeness (QED) is 0.869. The van der Waals surface area contributed by atoms with E-state index in [0.29, 0.717) is 12.4 Å². The molecule has 0 amide bonds. The first-order valence-corrected chi connectivity index (χ1v) is 6.72. The molecule has 2 N–H and O–H groups in total. The molecule has 8 heteroatoms. The highest BCUT2D eigenvalue weighted by atomic mass is 79.9. The van der Waals surface area contributed by atoms with E-state index in [0.717, 1.165) is 12.1 Å². The highest BCUT2D eigenvalue weighted by molar-refractivity contribution is 9.10. The van der Waals surface area contributed by atoms with Crippen molar-refractivity contribution in [3.8, 4) is 0 Å². The molecule has 20 heavy (non-hydrogen) atoms. The molecule has 0 bridgehead atoms. The number of hydrogen-bond donors (Lipinski definition) is 2. The van der Waals surface area contributed by atoms with Gasteiger partial charge in [-0.25, -0.2) is 8.78 Å². The molecule has 0 spiro atoms. The van der Waals surface area contributed by atoms with Gasteiger partial charge in [0.2, 0.25) is 5.89 Å². The molecule has 0 unspecified atom stereocenters. The Balaban J connectivity index is 2.11. The molecular weight excluding hydrogens is 334 g/mol. The van der Waals surface area contributed by atoms with E-state index in [9.17, 15) is 8.78 Å². The average molecular weight is 347 g/mol. The largest absolute Gasteiger partial charge is 0.406 e. The summed E-state index contributed by atoms with van der Waals surface area (Å²) in [6.45, 7) is 4.39. The van der Waals surface area contributed by atoms with Crippen molar-refractivity contribution in [2.24, 2.45) is 0 Å². The van der Waals surface area contributed by atoms with Crippen LogP contribution >= 0.6 is 15.9 Å². The molecule has 0 saturated carbocycles. The van der Waals surface area contributed by atoms with Gasteiger partial charge >= 0.3 is 6.01 Å². The summed E-state index contributed by atoms with van der Waals surface area (Å²) in [5, 5.41) is 13.3. The topological polar surface area (TPSA) is 63.0 Å². The van der Waals surface area contributed by atoms with Crippen LogP contribution in [0.15, 0.2) is 21.0 Å². The first kappa shape index (κ1) is 14.9. The molecule has 2 aromatic rings. The lowest BCUT2D eigenvalue weighted by molar-refractivity contribution is 0.460. The molecule has 0 fully saturated rings. The van der Waals surface area contributed by atoms with Gasteiger partial charge < -0.3 is 15.1 Å². The highest BCUT2D eigenvalue weighted by Gasteiger charge is 2.13. The molecular formula is C12H13BrF2N4O. The Bertz CT molecular complexity index is 580. The van der Waals surface area contributed by atoms with Gasteiger partial charge in [-0.2, -0.15) is 0 Å². The van der Waals surface area contributed by atoms with Gasteiger partial charge in [-0.3, -0.25) is 0 Å². The van der Waals surface area contributed by atoms with Crippen molar-refractivity contribution in [3.05, 3.63) is 34.1 Å². The van der Waals surface area contributed by atoms with Crippen molar-refractivity contribution in [2.75, 3.05) is 5.32 Å². The molecule has 108 valence electrons. The van der Waals surface area contributed by atoms with E-state index in [1.54, 1.807) is 0 Å². The molecule has 1 aromatic carbocycles. The number of benzene rings is 1. The Hall–Kier alpha value is -1.54. The van der Waals surface area contributed by atoms with Gasteiger partial charge in [0.25, 0.3) is 0 Å². The predicted octanol–water partition coefficient (Wildman–Crippen LogP) is 3.35. The molecule has 0 aliphatic heterocycles. The number of nitrogens with zero attached hydrogens (tertiary/aromatic N) is 2. The second kappa shape index (κ2) is 6.27. The Kier molecular flexibility index (Phi) is 4.66. The van der Waals surface area contributed by atoms with Crippen molar-refractivity contribution < 1.29 is 13.2 Å². The summed E-state index contributed by atoms with van der Waals surface area (Å²) in [6.07, 6.45) is 0. The van der Waals surface area contributed by atoms with Crippen molar-refractivity contribution in [3.63, 3.8) is 0 Å². The maximum atomic E-state index is 13.6. The number of anilines is 2. The third-order valence-corrected chi connectivity index (χ3v) is 2.99. The summed E-state index contributed by atoms with van der Waals surface area (Å²) in [4.78, 5) is 0. The number of rotatable bonds is 5. The minimum absolute atomic E-state index is 0.0387. The maximum Gasteiger partial charge on any atom is 0.320 e. The van der Waals surface area contributed by atoms with E-state index in [1.807, 2.05) is 13.8 Å². The molecule has 0 aliphatic carbocycles. The van der Waals surface area contributed by atoms with Crippen LogP contribution in [0.3, 0.4) is 0 Å². The number of nitrogens with one attached hydrogen (secondary N) is 2. The van der Waals surface area contributed by atoms with Crippen LogP contribution in [0, 0.1) is 11.6 Å². The fourth-order valence-electron chi connectivity index (χ4n) is 1.44. The predicted molar refractivity (Wildman–Crippen MR) is 73.6 cm³/mol. The summed E-state index contributed by atoms with van der Waals surface area (Å²) in [5.41, 5.74) is 0.0402. The zero-order chi connectivity index (χ0) is 14.7. The monoisotopic (exact) mass is 346 g/mol. The van der Waals surface area contributed by atoms with E-state index < -0.39 is 11.6 Å². The van der Waals surface area contributed by atoms with Crippen LogP contribution in [-0.4, -0.2) is 16.2 Å².